The molecular formula is C25H29N3O7. The van der Waals surface area contributed by atoms with Crippen molar-refractivity contribution in [2.45, 2.75) is 25.5 Å². The van der Waals surface area contributed by atoms with Crippen molar-refractivity contribution in [2.24, 2.45) is 0 Å². The highest BCUT2D eigenvalue weighted by molar-refractivity contribution is 5.88. The lowest BCUT2D eigenvalue weighted by molar-refractivity contribution is -0.137. The quantitative estimate of drug-likeness (QED) is 0.610. The van der Waals surface area contributed by atoms with Crippen molar-refractivity contribution in [2.75, 3.05) is 39.6 Å². The molecule has 4 rings (SSSR count). The monoisotopic (exact) mass is 483 g/mol. The van der Waals surface area contributed by atoms with Gasteiger partial charge in [0.15, 0.2) is 11.5 Å². The maximum atomic E-state index is 13.0. The molecule has 0 radical (unpaired) electrons. The predicted molar refractivity (Wildman–Crippen MR) is 125 cm³/mol. The Bertz CT molecular complexity index is 1050. The number of benzene rings is 2. The fraction of sp³-hybridized carbons (Fsp3) is 0.400. The van der Waals surface area contributed by atoms with Crippen molar-refractivity contribution in [1.29, 1.82) is 0 Å². The van der Waals surface area contributed by atoms with Crippen LogP contribution in [0.2, 0.25) is 0 Å². The number of hydrogen-bond acceptors (Lipinski definition) is 7. The zero-order valence-corrected chi connectivity index (χ0v) is 19.4. The second-order valence-electron chi connectivity index (χ2n) is 8.37. The number of rotatable bonds is 7. The van der Waals surface area contributed by atoms with Crippen LogP contribution < -0.4 is 14.8 Å². The summed E-state index contributed by atoms with van der Waals surface area (Å²) < 4.78 is 16.0. The van der Waals surface area contributed by atoms with Crippen LogP contribution in [0.5, 0.6) is 11.5 Å². The number of carbonyl (C=O) groups excluding carboxylic acids is 3. The number of hydrogen-bond donors (Lipinski definition) is 2. The summed E-state index contributed by atoms with van der Waals surface area (Å²) in [5, 5.41) is 12.4. The second kappa shape index (κ2) is 11.6. The fourth-order valence-corrected chi connectivity index (χ4v) is 4.02. The lowest BCUT2D eigenvalue weighted by Gasteiger charge is -2.26. The molecule has 35 heavy (non-hydrogen) atoms. The molecule has 1 atom stereocenters. The van der Waals surface area contributed by atoms with Crippen LogP contribution in [0.25, 0.3) is 0 Å². The van der Waals surface area contributed by atoms with Gasteiger partial charge in [-0.25, -0.2) is 4.79 Å². The standard InChI is InChI=1S/C25H29N3O7/c29-15-20(26-23(30)14-19-7-8-21-22(13-19)35-17-34-21)24(31)27-9-4-10-28(12-11-27)25(32)33-16-18-5-2-1-3-6-18/h1-3,5-8,13,20,29H,4,9-12,14-17H2,(H,26,30). The molecule has 2 aliphatic rings. The number of amides is 3. The van der Waals surface area contributed by atoms with Crippen LogP contribution in [0, 0.1) is 0 Å². The van der Waals surface area contributed by atoms with Gasteiger partial charge in [-0.15, -0.1) is 0 Å². The highest BCUT2D eigenvalue weighted by Crippen LogP contribution is 2.32. The first-order valence-corrected chi connectivity index (χ1v) is 11.6. The third-order valence-electron chi connectivity index (χ3n) is 5.89. The Labute approximate surface area is 203 Å². The molecule has 2 heterocycles. The van der Waals surface area contributed by atoms with Crippen molar-refractivity contribution in [3.05, 3.63) is 59.7 Å². The number of aliphatic hydroxyl groups is 1. The van der Waals surface area contributed by atoms with E-state index in [0.29, 0.717) is 43.1 Å². The summed E-state index contributed by atoms with van der Waals surface area (Å²) in [5.41, 5.74) is 1.60. The third kappa shape index (κ3) is 6.42. The molecule has 1 unspecified atom stereocenters. The van der Waals surface area contributed by atoms with Crippen LogP contribution in [-0.2, 0) is 27.4 Å². The van der Waals surface area contributed by atoms with Crippen molar-refractivity contribution in [1.82, 2.24) is 15.1 Å². The van der Waals surface area contributed by atoms with Gasteiger partial charge < -0.3 is 34.4 Å². The lowest BCUT2D eigenvalue weighted by atomic mass is 10.1. The molecule has 0 aliphatic carbocycles. The molecular weight excluding hydrogens is 454 g/mol. The minimum Gasteiger partial charge on any atom is -0.454 e. The smallest absolute Gasteiger partial charge is 0.410 e. The summed E-state index contributed by atoms with van der Waals surface area (Å²) in [6.45, 7) is 1.26. The fourth-order valence-electron chi connectivity index (χ4n) is 4.02. The Morgan fingerprint density at radius 3 is 2.49 bits per heavy atom. The van der Waals surface area contributed by atoms with Crippen LogP contribution in [0.4, 0.5) is 4.79 Å². The maximum Gasteiger partial charge on any atom is 0.410 e. The lowest BCUT2D eigenvalue weighted by Crippen LogP contribution is -2.51. The number of carbonyl (C=O) groups is 3. The van der Waals surface area contributed by atoms with Crippen molar-refractivity contribution in [3.8, 4) is 11.5 Å². The van der Waals surface area contributed by atoms with Crippen LogP contribution in [0.1, 0.15) is 17.5 Å². The first-order valence-electron chi connectivity index (χ1n) is 11.6. The first kappa shape index (κ1) is 24.3. The van der Waals surface area contributed by atoms with E-state index in [2.05, 4.69) is 5.32 Å². The molecule has 2 aliphatic heterocycles. The molecule has 0 aromatic heterocycles. The Morgan fingerprint density at radius 2 is 1.69 bits per heavy atom. The van der Waals surface area contributed by atoms with E-state index in [4.69, 9.17) is 14.2 Å². The Kier molecular flexibility index (Phi) is 8.04. The molecule has 2 aromatic carbocycles. The molecule has 1 fully saturated rings. The van der Waals surface area contributed by atoms with E-state index in [1.165, 1.54) is 0 Å². The van der Waals surface area contributed by atoms with Crippen LogP contribution in [0.15, 0.2) is 48.5 Å². The minimum absolute atomic E-state index is 0.0292. The van der Waals surface area contributed by atoms with Crippen LogP contribution >= 0.6 is 0 Å². The third-order valence-corrected chi connectivity index (χ3v) is 5.89. The zero-order valence-electron chi connectivity index (χ0n) is 19.4. The predicted octanol–water partition coefficient (Wildman–Crippen LogP) is 1.31. The van der Waals surface area contributed by atoms with E-state index < -0.39 is 24.6 Å². The second-order valence-corrected chi connectivity index (χ2v) is 8.37. The highest BCUT2D eigenvalue weighted by atomic mass is 16.7. The molecule has 2 N–H and O–H groups in total. The van der Waals surface area contributed by atoms with Gasteiger partial charge in [-0.1, -0.05) is 36.4 Å². The summed E-state index contributed by atoms with van der Waals surface area (Å²) in [7, 11) is 0. The van der Waals surface area contributed by atoms with E-state index in [1.54, 1.807) is 28.0 Å². The largest absolute Gasteiger partial charge is 0.454 e. The van der Waals surface area contributed by atoms with Crippen LogP contribution in [0.3, 0.4) is 0 Å². The van der Waals surface area contributed by atoms with E-state index in [-0.39, 0.29) is 32.3 Å². The average Bonchev–Trinajstić information content (AvgIpc) is 3.20. The zero-order chi connectivity index (χ0) is 24.6. The van der Waals surface area contributed by atoms with Gasteiger partial charge in [-0.2, -0.15) is 0 Å². The summed E-state index contributed by atoms with van der Waals surface area (Å²) in [4.78, 5) is 41.1. The van der Waals surface area contributed by atoms with E-state index >= 15 is 0 Å². The molecule has 10 heteroatoms. The van der Waals surface area contributed by atoms with Crippen molar-refractivity contribution in [3.63, 3.8) is 0 Å². The average molecular weight is 484 g/mol. The number of ether oxygens (including phenoxy) is 3. The van der Waals surface area contributed by atoms with Gasteiger partial charge in [0.25, 0.3) is 0 Å². The van der Waals surface area contributed by atoms with Crippen molar-refractivity contribution >= 4 is 17.9 Å². The normalized spacial score (nSPS) is 15.8. The van der Waals surface area contributed by atoms with Gasteiger partial charge in [0.05, 0.1) is 13.0 Å². The van der Waals surface area contributed by atoms with Crippen LogP contribution in [-0.4, -0.2) is 78.4 Å². The van der Waals surface area contributed by atoms with E-state index in [9.17, 15) is 19.5 Å². The van der Waals surface area contributed by atoms with Gasteiger partial charge in [-0.05, 0) is 29.7 Å². The molecule has 0 bridgehead atoms. The molecule has 0 spiro atoms. The Hall–Kier alpha value is -3.79. The number of nitrogens with one attached hydrogen (secondary N) is 1. The summed E-state index contributed by atoms with van der Waals surface area (Å²) in [6, 6.07) is 13.6. The Balaban J connectivity index is 1.26. The number of nitrogens with zero attached hydrogens (tertiary/aromatic N) is 2. The molecule has 2 aromatic rings. The summed E-state index contributed by atoms with van der Waals surface area (Å²) >= 11 is 0. The van der Waals surface area contributed by atoms with Gasteiger partial charge in [0, 0.05) is 26.2 Å². The Morgan fingerprint density at radius 1 is 0.943 bits per heavy atom. The number of fused-ring (bicyclic) bond motifs is 1. The molecule has 3 amide bonds. The molecule has 10 nitrogen and oxygen atoms in total. The highest BCUT2D eigenvalue weighted by Gasteiger charge is 2.28. The topological polar surface area (TPSA) is 118 Å². The SMILES string of the molecule is O=C(Cc1ccc2c(c1)OCO2)NC(CO)C(=O)N1CCCN(C(=O)OCc2ccccc2)CC1. The van der Waals surface area contributed by atoms with Gasteiger partial charge in [0.1, 0.15) is 12.6 Å². The summed E-state index contributed by atoms with van der Waals surface area (Å²) in [5.74, 6) is 0.418. The number of aliphatic hydroxyl groups excluding tert-OH is 1. The minimum atomic E-state index is -1.06. The van der Waals surface area contributed by atoms with Crippen molar-refractivity contribution < 1.29 is 33.7 Å². The van der Waals surface area contributed by atoms with Gasteiger partial charge in [0.2, 0.25) is 18.6 Å². The first-order chi connectivity index (χ1) is 17.0. The molecule has 0 saturated carbocycles. The van der Waals surface area contributed by atoms with Gasteiger partial charge in [-0.3, -0.25) is 9.59 Å². The van der Waals surface area contributed by atoms with E-state index in [0.717, 1.165) is 5.56 Å². The summed E-state index contributed by atoms with van der Waals surface area (Å²) in [6.07, 6.45) is 0.163. The van der Waals surface area contributed by atoms with Gasteiger partial charge >= 0.3 is 6.09 Å². The molecule has 1 saturated heterocycles. The maximum absolute atomic E-state index is 13.0. The van der Waals surface area contributed by atoms with E-state index in [1.807, 2.05) is 30.3 Å². The molecule has 186 valence electrons.